The standard InChI is InChI=1S/C9H15NO/c1-4-6-8-10(7-5-2)9(3)11/h4-5H,1-2,6-8H2,3H3. The van der Waals surface area contributed by atoms with Gasteiger partial charge < -0.3 is 4.90 Å². The molecule has 0 unspecified atom stereocenters. The second-order valence-corrected chi connectivity index (χ2v) is 2.33. The highest BCUT2D eigenvalue weighted by Gasteiger charge is 2.03. The number of carbonyl (C=O) groups is 1. The van der Waals surface area contributed by atoms with Crippen molar-refractivity contribution in [2.24, 2.45) is 0 Å². The van der Waals surface area contributed by atoms with Gasteiger partial charge in [-0.2, -0.15) is 0 Å². The number of rotatable bonds is 5. The van der Waals surface area contributed by atoms with Crippen LogP contribution in [0.3, 0.4) is 0 Å². The Morgan fingerprint density at radius 3 is 2.45 bits per heavy atom. The van der Waals surface area contributed by atoms with Crippen LogP contribution in [0.15, 0.2) is 25.3 Å². The maximum absolute atomic E-state index is 10.9. The van der Waals surface area contributed by atoms with E-state index in [1.807, 2.05) is 0 Å². The molecule has 0 fully saturated rings. The molecule has 0 radical (unpaired) electrons. The van der Waals surface area contributed by atoms with E-state index in [0.717, 1.165) is 13.0 Å². The number of nitrogens with zero attached hydrogens (tertiary/aromatic N) is 1. The molecule has 0 aromatic rings. The van der Waals surface area contributed by atoms with Crippen LogP contribution in [0.2, 0.25) is 0 Å². The smallest absolute Gasteiger partial charge is 0.219 e. The van der Waals surface area contributed by atoms with Crippen LogP contribution in [0, 0.1) is 0 Å². The van der Waals surface area contributed by atoms with E-state index >= 15 is 0 Å². The van der Waals surface area contributed by atoms with Crippen LogP contribution >= 0.6 is 0 Å². The molecule has 0 aliphatic carbocycles. The van der Waals surface area contributed by atoms with Crippen molar-refractivity contribution >= 4 is 5.91 Å². The molecule has 0 aromatic carbocycles. The van der Waals surface area contributed by atoms with Crippen LogP contribution in [-0.4, -0.2) is 23.9 Å². The molecule has 0 atom stereocenters. The summed E-state index contributed by atoms with van der Waals surface area (Å²) >= 11 is 0. The summed E-state index contributed by atoms with van der Waals surface area (Å²) in [5.41, 5.74) is 0. The molecule has 0 heterocycles. The molecule has 2 nitrogen and oxygen atoms in total. The third-order valence-corrected chi connectivity index (χ3v) is 1.40. The van der Waals surface area contributed by atoms with Crippen LogP contribution in [0.5, 0.6) is 0 Å². The Labute approximate surface area is 68.2 Å². The molecule has 0 spiro atoms. The van der Waals surface area contributed by atoms with Crippen LogP contribution in [-0.2, 0) is 4.79 Å². The summed E-state index contributed by atoms with van der Waals surface area (Å²) in [4.78, 5) is 12.6. The number of carbonyl (C=O) groups excluding carboxylic acids is 1. The van der Waals surface area contributed by atoms with Gasteiger partial charge in [0.25, 0.3) is 0 Å². The molecule has 0 saturated carbocycles. The summed E-state index contributed by atoms with van der Waals surface area (Å²) in [7, 11) is 0. The first-order valence-electron chi connectivity index (χ1n) is 3.69. The van der Waals surface area contributed by atoms with Crippen molar-refractivity contribution in [2.45, 2.75) is 13.3 Å². The average molecular weight is 153 g/mol. The van der Waals surface area contributed by atoms with Crippen molar-refractivity contribution in [3.8, 4) is 0 Å². The fourth-order valence-corrected chi connectivity index (χ4v) is 0.780. The average Bonchev–Trinajstić information content (AvgIpc) is 1.97. The van der Waals surface area contributed by atoms with Crippen molar-refractivity contribution in [1.82, 2.24) is 4.90 Å². The lowest BCUT2D eigenvalue weighted by molar-refractivity contribution is -0.128. The normalized spacial score (nSPS) is 8.82. The fraction of sp³-hybridized carbons (Fsp3) is 0.444. The first-order valence-corrected chi connectivity index (χ1v) is 3.69. The maximum atomic E-state index is 10.9. The lowest BCUT2D eigenvalue weighted by Crippen LogP contribution is -2.29. The second kappa shape index (κ2) is 5.71. The van der Waals surface area contributed by atoms with E-state index < -0.39 is 0 Å². The molecule has 0 aliphatic heterocycles. The highest BCUT2D eigenvalue weighted by atomic mass is 16.2. The summed E-state index contributed by atoms with van der Waals surface area (Å²) in [5.74, 6) is 0.0896. The van der Waals surface area contributed by atoms with E-state index in [1.54, 1.807) is 24.0 Å². The summed E-state index contributed by atoms with van der Waals surface area (Å²) < 4.78 is 0. The van der Waals surface area contributed by atoms with Gasteiger partial charge in [0.2, 0.25) is 5.91 Å². The summed E-state index contributed by atoms with van der Waals surface area (Å²) in [6.07, 6.45) is 4.37. The van der Waals surface area contributed by atoms with Crippen molar-refractivity contribution in [3.05, 3.63) is 25.3 Å². The summed E-state index contributed by atoms with van der Waals surface area (Å²) in [6, 6.07) is 0. The molecule has 0 aromatic heterocycles. The van der Waals surface area contributed by atoms with Gasteiger partial charge in [-0.3, -0.25) is 4.79 Å². The highest BCUT2D eigenvalue weighted by Crippen LogP contribution is 1.92. The van der Waals surface area contributed by atoms with Gasteiger partial charge in [-0.1, -0.05) is 12.2 Å². The number of amides is 1. The zero-order valence-corrected chi connectivity index (χ0v) is 7.05. The Hall–Kier alpha value is -1.05. The van der Waals surface area contributed by atoms with Crippen LogP contribution in [0.4, 0.5) is 0 Å². The first kappa shape index (κ1) is 9.95. The Kier molecular flexibility index (Phi) is 5.17. The van der Waals surface area contributed by atoms with E-state index in [0.29, 0.717) is 6.54 Å². The van der Waals surface area contributed by atoms with Crippen molar-refractivity contribution in [2.75, 3.05) is 13.1 Å². The van der Waals surface area contributed by atoms with Gasteiger partial charge >= 0.3 is 0 Å². The highest BCUT2D eigenvalue weighted by molar-refractivity contribution is 5.73. The van der Waals surface area contributed by atoms with Gasteiger partial charge in [0, 0.05) is 20.0 Å². The van der Waals surface area contributed by atoms with Gasteiger partial charge in [0.15, 0.2) is 0 Å². The Morgan fingerprint density at radius 2 is 2.09 bits per heavy atom. The molecular formula is C9H15NO. The minimum Gasteiger partial charge on any atom is -0.339 e. The zero-order valence-electron chi connectivity index (χ0n) is 7.05. The van der Waals surface area contributed by atoms with E-state index in [-0.39, 0.29) is 5.91 Å². The zero-order chi connectivity index (χ0) is 8.69. The Balaban J connectivity index is 3.77. The third-order valence-electron chi connectivity index (χ3n) is 1.40. The summed E-state index contributed by atoms with van der Waals surface area (Å²) in [5, 5.41) is 0. The maximum Gasteiger partial charge on any atom is 0.219 e. The van der Waals surface area contributed by atoms with Gasteiger partial charge in [0.05, 0.1) is 0 Å². The van der Waals surface area contributed by atoms with Gasteiger partial charge in [0.1, 0.15) is 0 Å². The van der Waals surface area contributed by atoms with E-state index in [4.69, 9.17) is 0 Å². The van der Waals surface area contributed by atoms with Gasteiger partial charge in [-0.25, -0.2) is 0 Å². The Morgan fingerprint density at radius 1 is 1.45 bits per heavy atom. The van der Waals surface area contributed by atoms with E-state index in [2.05, 4.69) is 13.2 Å². The molecule has 62 valence electrons. The second-order valence-electron chi connectivity index (χ2n) is 2.33. The SMILES string of the molecule is C=CCCN(CC=C)C(C)=O. The lowest BCUT2D eigenvalue weighted by Gasteiger charge is -2.17. The molecular weight excluding hydrogens is 138 g/mol. The monoisotopic (exact) mass is 153 g/mol. The number of hydrogen-bond donors (Lipinski definition) is 0. The lowest BCUT2D eigenvalue weighted by atomic mass is 10.3. The van der Waals surface area contributed by atoms with Crippen LogP contribution < -0.4 is 0 Å². The molecule has 2 heteroatoms. The van der Waals surface area contributed by atoms with Crippen molar-refractivity contribution in [3.63, 3.8) is 0 Å². The van der Waals surface area contributed by atoms with E-state index in [9.17, 15) is 4.79 Å². The first-order chi connectivity index (χ1) is 5.22. The van der Waals surface area contributed by atoms with Crippen LogP contribution in [0.1, 0.15) is 13.3 Å². The molecule has 0 saturated heterocycles. The van der Waals surface area contributed by atoms with Crippen LogP contribution in [0.25, 0.3) is 0 Å². The molecule has 1 amide bonds. The third kappa shape index (κ3) is 4.37. The number of hydrogen-bond acceptors (Lipinski definition) is 1. The largest absolute Gasteiger partial charge is 0.339 e. The minimum absolute atomic E-state index is 0.0896. The molecule has 0 rings (SSSR count). The topological polar surface area (TPSA) is 20.3 Å². The van der Waals surface area contributed by atoms with Crippen molar-refractivity contribution in [1.29, 1.82) is 0 Å². The Bertz CT molecular complexity index is 152. The molecule has 0 bridgehead atoms. The quantitative estimate of drug-likeness (QED) is 0.549. The molecule has 0 N–H and O–H groups in total. The van der Waals surface area contributed by atoms with Gasteiger partial charge in [-0.15, -0.1) is 13.2 Å². The predicted octanol–water partition coefficient (Wildman–Crippen LogP) is 1.60. The minimum atomic E-state index is 0.0896. The predicted molar refractivity (Wildman–Crippen MR) is 47.3 cm³/mol. The summed E-state index contributed by atoms with van der Waals surface area (Å²) in [6.45, 7) is 10.1. The van der Waals surface area contributed by atoms with Crippen molar-refractivity contribution < 1.29 is 4.79 Å². The fourth-order valence-electron chi connectivity index (χ4n) is 0.780. The van der Waals surface area contributed by atoms with Gasteiger partial charge in [-0.05, 0) is 6.42 Å². The molecule has 11 heavy (non-hydrogen) atoms. The molecule has 0 aliphatic rings. The van der Waals surface area contributed by atoms with E-state index in [1.165, 1.54) is 0 Å².